The van der Waals surface area contributed by atoms with E-state index in [4.69, 9.17) is 0 Å². The summed E-state index contributed by atoms with van der Waals surface area (Å²) < 4.78 is 27.2. The van der Waals surface area contributed by atoms with E-state index < -0.39 is 12.3 Å². The van der Waals surface area contributed by atoms with Crippen LogP contribution in [0.2, 0.25) is 0 Å². The molecule has 0 saturated heterocycles. The highest BCUT2D eigenvalue weighted by Crippen LogP contribution is 2.30. The number of aromatic nitrogens is 4. The number of alkyl halides is 2. The van der Waals surface area contributed by atoms with Gasteiger partial charge in [-0.1, -0.05) is 35.5 Å². The minimum Gasteiger partial charge on any atom is -0.201 e. The van der Waals surface area contributed by atoms with Crippen molar-refractivity contribution in [2.24, 2.45) is 0 Å². The lowest BCUT2D eigenvalue weighted by molar-refractivity contribution is -0.00580. The van der Waals surface area contributed by atoms with E-state index in [1.807, 2.05) is 0 Å². The normalized spacial score (nSPS) is 11.6. The van der Waals surface area contributed by atoms with Crippen molar-refractivity contribution in [3.63, 3.8) is 0 Å². The van der Waals surface area contributed by atoms with Crippen LogP contribution in [0.4, 0.5) is 8.78 Å². The monoisotopic (exact) mass is 210 g/mol. The average Bonchev–Trinajstić information content (AvgIpc) is 2.71. The molecule has 0 aliphatic rings. The number of hydrogen-bond acceptors (Lipinski definition) is 3. The van der Waals surface area contributed by atoms with Crippen LogP contribution in [0.5, 0.6) is 0 Å². The molecule has 2 aromatic rings. The fourth-order valence-electron chi connectivity index (χ4n) is 1.24. The summed E-state index contributed by atoms with van der Waals surface area (Å²) in [7, 11) is 0. The van der Waals surface area contributed by atoms with E-state index in [0.717, 1.165) is 0 Å². The molecular weight excluding hydrogens is 202 g/mol. The minimum atomic E-state index is -2.97. The van der Waals surface area contributed by atoms with Gasteiger partial charge in [0, 0.05) is 5.56 Å². The van der Waals surface area contributed by atoms with Gasteiger partial charge in [-0.3, -0.25) is 0 Å². The quantitative estimate of drug-likeness (QED) is 0.835. The van der Waals surface area contributed by atoms with E-state index in [9.17, 15) is 8.78 Å². The fourth-order valence-corrected chi connectivity index (χ4v) is 1.24. The Morgan fingerprint density at radius 1 is 1.20 bits per heavy atom. The third kappa shape index (κ3) is 2.15. The van der Waals surface area contributed by atoms with Crippen molar-refractivity contribution in [3.05, 3.63) is 41.7 Å². The van der Waals surface area contributed by atoms with Crippen LogP contribution in [0.1, 0.15) is 11.4 Å². The van der Waals surface area contributed by atoms with Gasteiger partial charge in [0.05, 0.1) is 6.42 Å². The lowest BCUT2D eigenvalue weighted by Gasteiger charge is -2.14. The standard InChI is InChI=1S/C9H8F2N4/c10-9(11,6-8-12-14-15-13-8)7-4-2-1-3-5-7/h1-5H,6H2,(H,12,13,14,15). The summed E-state index contributed by atoms with van der Waals surface area (Å²) in [6.07, 6.45) is -0.548. The van der Waals surface area contributed by atoms with Gasteiger partial charge in [-0.25, -0.2) is 8.78 Å². The topological polar surface area (TPSA) is 54.5 Å². The van der Waals surface area contributed by atoms with Gasteiger partial charge in [0.2, 0.25) is 0 Å². The van der Waals surface area contributed by atoms with Crippen molar-refractivity contribution >= 4 is 0 Å². The predicted octanol–water partition coefficient (Wildman–Crippen LogP) is 1.53. The van der Waals surface area contributed by atoms with Gasteiger partial charge in [-0.05, 0) is 0 Å². The highest BCUT2D eigenvalue weighted by atomic mass is 19.3. The number of hydrogen-bond donors (Lipinski definition) is 1. The first-order valence-electron chi connectivity index (χ1n) is 4.34. The van der Waals surface area contributed by atoms with Crippen LogP contribution in [-0.2, 0) is 12.3 Å². The molecule has 0 unspecified atom stereocenters. The molecule has 0 atom stereocenters. The predicted molar refractivity (Wildman–Crippen MR) is 48.2 cm³/mol. The number of benzene rings is 1. The SMILES string of the molecule is FC(F)(Cc1nn[nH]n1)c1ccccc1. The molecule has 1 aromatic carbocycles. The maximum Gasteiger partial charge on any atom is 0.280 e. The highest BCUT2D eigenvalue weighted by Gasteiger charge is 2.33. The largest absolute Gasteiger partial charge is 0.280 e. The second-order valence-electron chi connectivity index (χ2n) is 3.08. The van der Waals surface area contributed by atoms with Crippen LogP contribution in [-0.4, -0.2) is 20.6 Å². The molecular formula is C9H8F2N4. The number of nitrogens with zero attached hydrogens (tertiary/aromatic N) is 3. The van der Waals surface area contributed by atoms with Gasteiger partial charge >= 0.3 is 0 Å². The molecule has 4 nitrogen and oxygen atoms in total. The van der Waals surface area contributed by atoms with E-state index in [1.54, 1.807) is 18.2 Å². The third-order valence-corrected chi connectivity index (χ3v) is 1.97. The summed E-state index contributed by atoms with van der Waals surface area (Å²) in [5.41, 5.74) is -0.0465. The first-order valence-corrected chi connectivity index (χ1v) is 4.34. The second-order valence-corrected chi connectivity index (χ2v) is 3.08. The molecule has 78 valence electrons. The second kappa shape index (κ2) is 3.72. The molecule has 1 heterocycles. The van der Waals surface area contributed by atoms with E-state index in [2.05, 4.69) is 20.6 Å². The first kappa shape index (κ1) is 9.70. The maximum atomic E-state index is 13.6. The molecule has 0 bridgehead atoms. The molecule has 0 spiro atoms. The Morgan fingerprint density at radius 2 is 1.93 bits per heavy atom. The lowest BCUT2D eigenvalue weighted by Crippen LogP contribution is -2.17. The summed E-state index contributed by atoms with van der Waals surface area (Å²) in [5, 5.41) is 12.4. The van der Waals surface area contributed by atoms with Crippen LogP contribution >= 0.6 is 0 Å². The number of H-pyrrole nitrogens is 1. The van der Waals surface area contributed by atoms with Crippen LogP contribution in [0, 0.1) is 0 Å². The lowest BCUT2D eigenvalue weighted by atomic mass is 10.1. The molecule has 15 heavy (non-hydrogen) atoms. The Bertz CT molecular complexity index is 413. The van der Waals surface area contributed by atoms with E-state index in [0.29, 0.717) is 0 Å². The Balaban J connectivity index is 2.20. The molecule has 0 amide bonds. The summed E-state index contributed by atoms with van der Waals surface area (Å²) >= 11 is 0. The maximum absolute atomic E-state index is 13.6. The van der Waals surface area contributed by atoms with Crippen LogP contribution in [0.15, 0.2) is 30.3 Å². The van der Waals surface area contributed by atoms with Crippen LogP contribution in [0.25, 0.3) is 0 Å². The molecule has 0 fully saturated rings. The van der Waals surface area contributed by atoms with Crippen LogP contribution < -0.4 is 0 Å². The Kier molecular flexibility index (Phi) is 2.40. The average molecular weight is 210 g/mol. The number of tetrazole rings is 1. The van der Waals surface area contributed by atoms with Crippen molar-refractivity contribution < 1.29 is 8.78 Å². The van der Waals surface area contributed by atoms with Crippen molar-refractivity contribution in [2.75, 3.05) is 0 Å². The molecule has 0 saturated carbocycles. The number of nitrogens with one attached hydrogen (secondary N) is 1. The van der Waals surface area contributed by atoms with Crippen LogP contribution in [0.3, 0.4) is 0 Å². The Hall–Kier alpha value is -1.85. The molecule has 0 aliphatic carbocycles. The zero-order chi connectivity index (χ0) is 10.7. The van der Waals surface area contributed by atoms with E-state index in [-0.39, 0.29) is 11.4 Å². The molecule has 0 aliphatic heterocycles. The summed E-state index contributed by atoms with van der Waals surface area (Å²) in [6, 6.07) is 7.58. The summed E-state index contributed by atoms with van der Waals surface area (Å²) in [4.78, 5) is 0. The van der Waals surface area contributed by atoms with Gasteiger partial charge in [-0.15, -0.1) is 10.2 Å². The van der Waals surface area contributed by atoms with Gasteiger partial charge in [0.25, 0.3) is 5.92 Å². The molecule has 6 heteroatoms. The molecule has 0 radical (unpaired) electrons. The first-order chi connectivity index (χ1) is 7.18. The minimum absolute atomic E-state index is 0.00357. The van der Waals surface area contributed by atoms with Crippen molar-refractivity contribution in [3.8, 4) is 0 Å². The zero-order valence-electron chi connectivity index (χ0n) is 7.69. The molecule has 1 N–H and O–H groups in total. The summed E-state index contributed by atoms with van der Waals surface area (Å²) in [5.74, 6) is -2.96. The van der Waals surface area contributed by atoms with Crippen molar-refractivity contribution in [1.82, 2.24) is 20.6 Å². The summed E-state index contributed by atoms with van der Waals surface area (Å²) in [6.45, 7) is 0. The van der Waals surface area contributed by atoms with E-state index in [1.165, 1.54) is 12.1 Å². The molecule has 2 rings (SSSR count). The van der Waals surface area contributed by atoms with Gasteiger partial charge in [0.1, 0.15) is 0 Å². The molecule has 1 aromatic heterocycles. The number of aromatic amines is 1. The van der Waals surface area contributed by atoms with Gasteiger partial charge in [0.15, 0.2) is 5.82 Å². The zero-order valence-corrected chi connectivity index (χ0v) is 7.69. The highest BCUT2D eigenvalue weighted by molar-refractivity contribution is 5.20. The van der Waals surface area contributed by atoms with Gasteiger partial charge < -0.3 is 0 Å². The van der Waals surface area contributed by atoms with Gasteiger partial charge in [-0.2, -0.15) is 5.21 Å². The Labute approximate surface area is 84.3 Å². The number of halogens is 2. The van der Waals surface area contributed by atoms with Crippen molar-refractivity contribution in [1.29, 1.82) is 0 Å². The van der Waals surface area contributed by atoms with Crippen molar-refractivity contribution in [2.45, 2.75) is 12.3 Å². The smallest absolute Gasteiger partial charge is 0.201 e. The van der Waals surface area contributed by atoms with E-state index >= 15 is 0 Å². The fraction of sp³-hybridized carbons (Fsp3) is 0.222. The third-order valence-electron chi connectivity index (χ3n) is 1.97. The Morgan fingerprint density at radius 3 is 2.53 bits per heavy atom. The number of rotatable bonds is 3.